The number of benzene rings is 3. The first-order valence-corrected chi connectivity index (χ1v) is 9.77. The van der Waals surface area contributed by atoms with E-state index < -0.39 is 0 Å². The number of fused-ring (bicyclic) bond motifs is 1. The Kier molecular flexibility index (Phi) is 5.26. The summed E-state index contributed by atoms with van der Waals surface area (Å²) in [6, 6.07) is 29.0. The van der Waals surface area contributed by atoms with Gasteiger partial charge in [0.25, 0.3) is 0 Å². The van der Waals surface area contributed by atoms with Crippen LogP contribution in [0.3, 0.4) is 0 Å². The van der Waals surface area contributed by atoms with E-state index in [2.05, 4.69) is 84.6 Å². The first-order valence-electron chi connectivity index (χ1n) is 9.77. The molecule has 3 aromatic rings. The minimum absolute atomic E-state index is 0.372. The molecule has 0 aliphatic carbocycles. The highest BCUT2D eigenvalue weighted by Gasteiger charge is 2.31. The summed E-state index contributed by atoms with van der Waals surface area (Å²) in [6.45, 7) is 3.42. The fraction of sp³-hybridized carbons (Fsp3) is 0.280. The normalized spacial score (nSPS) is 17.9. The molecule has 0 aromatic heterocycles. The lowest BCUT2D eigenvalue weighted by atomic mass is 9.87. The van der Waals surface area contributed by atoms with Gasteiger partial charge in [-0.2, -0.15) is 0 Å². The molecule has 2 heteroatoms. The number of rotatable bonds is 5. The highest BCUT2D eigenvalue weighted by Crippen LogP contribution is 2.38. The molecule has 1 aliphatic heterocycles. The van der Waals surface area contributed by atoms with E-state index in [0.29, 0.717) is 12.1 Å². The molecular weight excluding hydrogens is 330 g/mol. The molecule has 0 N–H and O–H groups in total. The van der Waals surface area contributed by atoms with Crippen LogP contribution in [0.2, 0.25) is 0 Å². The van der Waals surface area contributed by atoms with Gasteiger partial charge in [-0.3, -0.25) is 4.90 Å². The Morgan fingerprint density at radius 1 is 0.963 bits per heavy atom. The van der Waals surface area contributed by atoms with Gasteiger partial charge in [-0.15, -0.1) is 0 Å². The molecule has 2 nitrogen and oxygen atoms in total. The largest absolute Gasteiger partial charge is 0.497 e. The standard InChI is InChI=1S/C25H27NO/c1-19(21-10-4-3-5-11-21)26-16-15-22-12-6-7-14-24(22)25(26)18-20-9-8-13-23(17-20)27-2/h3-14,17,19,25H,15-16,18H2,1-2H3/t19-,25-/m1/s1. The quantitative estimate of drug-likeness (QED) is 0.589. The summed E-state index contributed by atoms with van der Waals surface area (Å²) in [5, 5.41) is 0. The van der Waals surface area contributed by atoms with Crippen LogP contribution in [0.1, 0.15) is 41.3 Å². The zero-order valence-electron chi connectivity index (χ0n) is 16.1. The van der Waals surface area contributed by atoms with Crippen LogP contribution in [0.5, 0.6) is 5.75 Å². The summed E-state index contributed by atoms with van der Waals surface area (Å²) in [5.41, 5.74) is 5.66. The molecule has 0 fully saturated rings. The SMILES string of the molecule is COc1cccc(C[C@@H]2c3ccccc3CCN2[C@H](C)c2ccccc2)c1. The highest BCUT2D eigenvalue weighted by molar-refractivity contribution is 5.36. The number of ether oxygens (including phenoxy) is 1. The molecule has 0 amide bonds. The molecule has 3 aromatic carbocycles. The zero-order valence-corrected chi connectivity index (χ0v) is 16.1. The summed E-state index contributed by atoms with van der Waals surface area (Å²) in [7, 11) is 1.73. The van der Waals surface area contributed by atoms with E-state index in [-0.39, 0.29) is 0 Å². The van der Waals surface area contributed by atoms with Crippen molar-refractivity contribution >= 4 is 0 Å². The lowest BCUT2D eigenvalue weighted by Gasteiger charge is -2.41. The fourth-order valence-corrected chi connectivity index (χ4v) is 4.31. The van der Waals surface area contributed by atoms with E-state index in [0.717, 1.165) is 25.1 Å². The first kappa shape index (κ1) is 17.8. The van der Waals surface area contributed by atoms with Crippen LogP contribution in [0, 0.1) is 0 Å². The average Bonchev–Trinajstić information content (AvgIpc) is 2.74. The molecule has 0 bridgehead atoms. The van der Waals surface area contributed by atoms with Crippen LogP contribution in [0.15, 0.2) is 78.9 Å². The Labute approximate surface area is 162 Å². The van der Waals surface area contributed by atoms with Gasteiger partial charge in [-0.25, -0.2) is 0 Å². The number of hydrogen-bond donors (Lipinski definition) is 0. The maximum Gasteiger partial charge on any atom is 0.119 e. The van der Waals surface area contributed by atoms with Gasteiger partial charge in [0.05, 0.1) is 7.11 Å². The molecule has 0 unspecified atom stereocenters. The minimum Gasteiger partial charge on any atom is -0.497 e. The van der Waals surface area contributed by atoms with Crippen molar-refractivity contribution in [1.82, 2.24) is 4.90 Å². The van der Waals surface area contributed by atoms with Crippen molar-refractivity contribution in [1.29, 1.82) is 0 Å². The number of nitrogens with zero attached hydrogens (tertiary/aromatic N) is 1. The summed E-state index contributed by atoms with van der Waals surface area (Å²) >= 11 is 0. The predicted octanol–water partition coefficient (Wildman–Crippen LogP) is 5.60. The van der Waals surface area contributed by atoms with E-state index in [1.54, 1.807) is 7.11 Å². The van der Waals surface area contributed by atoms with E-state index in [4.69, 9.17) is 4.74 Å². The van der Waals surface area contributed by atoms with Gasteiger partial charge in [-0.1, -0.05) is 66.7 Å². The monoisotopic (exact) mass is 357 g/mol. The Balaban J connectivity index is 1.69. The third-order valence-electron chi connectivity index (χ3n) is 5.80. The smallest absolute Gasteiger partial charge is 0.119 e. The van der Waals surface area contributed by atoms with Gasteiger partial charge in [0.15, 0.2) is 0 Å². The second kappa shape index (κ2) is 7.98. The van der Waals surface area contributed by atoms with E-state index in [1.165, 1.54) is 22.3 Å². The maximum atomic E-state index is 5.44. The van der Waals surface area contributed by atoms with Crippen molar-refractivity contribution in [3.8, 4) is 5.75 Å². The number of hydrogen-bond acceptors (Lipinski definition) is 2. The highest BCUT2D eigenvalue weighted by atomic mass is 16.5. The minimum atomic E-state index is 0.372. The molecule has 4 rings (SSSR count). The van der Waals surface area contributed by atoms with Crippen molar-refractivity contribution in [2.45, 2.75) is 31.8 Å². The van der Waals surface area contributed by atoms with Gasteiger partial charge >= 0.3 is 0 Å². The van der Waals surface area contributed by atoms with Gasteiger partial charge in [-0.05, 0) is 54.2 Å². The molecule has 1 heterocycles. The second-order valence-corrected chi connectivity index (χ2v) is 7.34. The molecule has 0 radical (unpaired) electrons. The molecule has 2 atom stereocenters. The van der Waals surface area contributed by atoms with Gasteiger partial charge in [0.1, 0.15) is 5.75 Å². The van der Waals surface area contributed by atoms with Crippen LogP contribution in [0.25, 0.3) is 0 Å². The van der Waals surface area contributed by atoms with Crippen LogP contribution in [0.4, 0.5) is 0 Å². The van der Waals surface area contributed by atoms with Crippen LogP contribution in [-0.2, 0) is 12.8 Å². The average molecular weight is 357 g/mol. The lowest BCUT2D eigenvalue weighted by Crippen LogP contribution is -2.38. The van der Waals surface area contributed by atoms with Crippen LogP contribution in [-0.4, -0.2) is 18.6 Å². The maximum absolute atomic E-state index is 5.44. The van der Waals surface area contributed by atoms with E-state index in [9.17, 15) is 0 Å². The summed E-state index contributed by atoms with van der Waals surface area (Å²) in [6.07, 6.45) is 2.10. The van der Waals surface area contributed by atoms with Gasteiger partial charge in [0.2, 0.25) is 0 Å². The summed E-state index contributed by atoms with van der Waals surface area (Å²) in [5.74, 6) is 0.930. The van der Waals surface area contributed by atoms with Crippen molar-refractivity contribution < 1.29 is 4.74 Å². The van der Waals surface area contributed by atoms with Crippen molar-refractivity contribution in [3.63, 3.8) is 0 Å². The summed E-state index contributed by atoms with van der Waals surface area (Å²) < 4.78 is 5.44. The Morgan fingerprint density at radius 2 is 1.74 bits per heavy atom. The molecule has 27 heavy (non-hydrogen) atoms. The van der Waals surface area contributed by atoms with Crippen LogP contribution >= 0.6 is 0 Å². The Hall–Kier alpha value is -2.58. The second-order valence-electron chi connectivity index (χ2n) is 7.34. The van der Waals surface area contributed by atoms with Crippen molar-refractivity contribution in [2.75, 3.05) is 13.7 Å². The fourth-order valence-electron chi connectivity index (χ4n) is 4.31. The first-order chi connectivity index (χ1) is 13.3. The van der Waals surface area contributed by atoms with E-state index >= 15 is 0 Å². The predicted molar refractivity (Wildman–Crippen MR) is 111 cm³/mol. The third-order valence-corrected chi connectivity index (χ3v) is 5.80. The Morgan fingerprint density at radius 3 is 2.56 bits per heavy atom. The molecule has 138 valence electrons. The molecule has 1 aliphatic rings. The molecule has 0 saturated carbocycles. The van der Waals surface area contributed by atoms with E-state index in [1.807, 2.05) is 6.07 Å². The zero-order chi connectivity index (χ0) is 18.6. The topological polar surface area (TPSA) is 12.5 Å². The van der Waals surface area contributed by atoms with Gasteiger partial charge in [0, 0.05) is 18.6 Å². The lowest BCUT2D eigenvalue weighted by molar-refractivity contribution is 0.132. The molecular formula is C25H27NO. The number of methoxy groups -OCH3 is 1. The third kappa shape index (κ3) is 3.77. The molecule has 0 spiro atoms. The molecule has 0 saturated heterocycles. The Bertz CT molecular complexity index is 890. The van der Waals surface area contributed by atoms with Gasteiger partial charge < -0.3 is 4.74 Å². The van der Waals surface area contributed by atoms with Crippen LogP contribution < -0.4 is 4.74 Å². The van der Waals surface area contributed by atoms with Crippen molar-refractivity contribution in [2.24, 2.45) is 0 Å². The summed E-state index contributed by atoms with van der Waals surface area (Å²) in [4.78, 5) is 2.66. The van der Waals surface area contributed by atoms with Crippen molar-refractivity contribution in [3.05, 3.63) is 101 Å².